The third-order valence-corrected chi connectivity index (χ3v) is 5.11. The zero-order valence-electron chi connectivity index (χ0n) is 20.3. The molecule has 0 aliphatic carbocycles. The first kappa shape index (κ1) is 26.0. The number of benzene rings is 1. The second-order valence-corrected chi connectivity index (χ2v) is 9.53. The summed E-state index contributed by atoms with van der Waals surface area (Å²) in [4.78, 5) is 29.5. The van der Waals surface area contributed by atoms with Crippen LogP contribution in [0.25, 0.3) is 0 Å². The van der Waals surface area contributed by atoms with Gasteiger partial charge < -0.3 is 20.4 Å². The van der Waals surface area contributed by atoms with Gasteiger partial charge >= 0.3 is 0 Å². The number of carbonyl (C=O) groups excluding carboxylic acids is 2. The van der Waals surface area contributed by atoms with Gasteiger partial charge in [0.05, 0.1) is 5.56 Å². The Morgan fingerprint density at radius 2 is 1.73 bits per heavy atom. The van der Waals surface area contributed by atoms with Gasteiger partial charge in [-0.2, -0.15) is 0 Å². The molecule has 0 aromatic heterocycles. The number of hydrogen-bond acceptors (Lipinski definition) is 4. The maximum atomic E-state index is 12.8. The Bertz CT molecular complexity index is 691. The van der Waals surface area contributed by atoms with Crippen molar-refractivity contribution in [1.29, 1.82) is 0 Å². The third-order valence-electron chi connectivity index (χ3n) is 5.11. The summed E-state index contributed by atoms with van der Waals surface area (Å²) < 4.78 is 0. The molecule has 2 amide bonds. The first-order valence-electron chi connectivity index (χ1n) is 11.1. The second kappa shape index (κ2) is 11.9. The summed E-state index contributed by atoms with van der Waals surface area (Å²) in [5, 5.41) is 5.98. The summed E-state index contributed by atoms with van der Waals surface area (Å²) in [5.74, 6) is 0.161. The smallest absolute Gasteiger partial charge is 0.253 e. The standard InChI is InChI=1S/C24H42N4O2/c1-9-28(10-2)14-13-25-23(30)20-16-19(11-12-21(20)27(7)8)26-22(29)15-18(3)17-24(4,5)6/h11-12,16,18H,9-10,13-15,17H2,1-8H3,(H,25,30)(H,26,29). The molecule has 2 N–H and O–H groups in total. The lowest BCUT2D eigenvalue weighted by molar-refractivity contribution is -0.117. The van der Waals surface area contributed by atoms with Crippen LogP contribution < -0.4 is 15.5 Å². The number of nitrogens with one attached hydrogen (secondary N) is 2. The molecule has 1 unspecified atom stereocenters. The molecule has 0 bridgehead atoms. The van der Waals surface area contributed by atoms with Crippen molar-refractivity contribution in [3.8, 4) is 0 Å². The van der Waals surface area contributed by atoms with Crippen molar-refractivity contribution in [3.05, 3.63) is 23.8 Å². The predicted octanol–water partition coefficient (Wildman–Crippen LogP) is 4.23. The minimum Gasteiger partial charge on any atom is -0.377 e. The monoisotopic (exact) mass is 418 g/mol. The fraction of sp³-hybridized carbons (Fsp3) is 0.667. The highest BCUT2D eigenvalue weighted by Gasteiger charge is 2.19. The third kappa shape index (κ3) is 9.16. The zero-order valence-corrected chi connectivity index (χ0v) is 20.3. The van der Waals surface area contributed by atoms with Gasteiger partial charge in [-0.25, -0.2) is 0 Å². The molecule has 6 nitrogen and oxygen atoms in total. The Labute approximate surface area is 183 Å². The van der Waals surface area contributed by atoms with Crippen LogP contribution in [0.5, 0.6) is 0 Å². The summed E-state index contributed by atoms with van der Waals surface area (Å²) >= 11 is 0. The number of hydrogen-bond donors (Lipinski definition) is 2. The van der Waals surface area contributed by atoms with Crippen molar-refractivity contribution in [2.24, 2.45) is 11.3 Å². The number of nitrogens with zero attached hydrogens (tertiary/aromatic N) is 2. The molecule has 1 aromatic carbocycles. The van der Waals surface area contributed by atoms with Crippen LogP contribution >= 0.6 is 0 Å². The van der Waals surface area contributed by atoms with Gasteiger partial charge in [-0.05, 0) is 49.0 Å². The Kier molecular flexibility index (Phi) is 10.3. The second-order valence-electron chi connectivity index (χ2n) is 9.53. The van der Waals surface area contributed by atoms with E-state index in [4.69, 9.17) is 0 Å². The molecular weight excluding hydrogens is 376 g/mol. The van der Waals surface area contributed by atoms with Crippen LogP contribution in [0.4, 0.5) is 11.4 Å². The van der Waals surface area contributed by atoms with Crippen LogP contribution in [-0.4, -0.2) is 57.0 Å². The summed E-state index contributed by atoms with van der Waals surface area (Å²) in [5.41, 5.74) is 2.25. The number of likely N-dealkylation sites (N-methyl/N-ethyl adjacent to an activating group) is 1. The van der Waals surface area contributed by atoms with Gasteiger partial charge in [-0.15, -0.1) is 0 Å². The average molecular weight is 419 g/mol. The first-order chi connectivity index (χ1) is 14.0. The largest absolute Gasteiger partial charge is 0.377 e. The highest BCUT2D eigenvalue weighted by Crippen LogP contribution is 2.27. The summed E-state index contributed by atoms with van der Waals surface area (Å²) in [7, 11) is 3.82. The first-order valence-corrected chi connectivity index (χ1v) is 11.1. The maximum absolute atomic E-state index is 12.8. The molecule has 0 spiro atoms. The number of amides is 2. The molecule has 1 aromatic rings. The summed E-state index contributed by atoms with van der Waals surface area (Å²) in [6.07, 6.45) is 1.46. The van der Waals surface area contributed by atoms with Crippen LogP contribution in [0.2, 0.25) is 0 Å². The van der Waals surface area contributed by atoms with Gasteiger partial charge in [-0.3, -0.25) is 9.59 Å². The van der Waals surface area contributed by atoms with Crippen molar-refractivity contribution in [3.63, 3.8) is 0 Å². The Balaban J connectivity index is 2.83. The number of carbonyl (C=O) groups is 2. The fourth-order valence-electron chi connectivity index (χ4n) is 3.79. The van der Waals surface area contributed by atoms with Crippen molar-refractivity contribution in [2.45, 2.75) is 54.4 Å². The van der Waals surface area contributed by atoms with Crippen molar-refractivity contribution >= 4 is 23.2 Å². The van der Waals surface area contributed by atoms with Gasteiger partial charge in [0.25, 0.3) is 5.91 Å². The van der Waals surface area contributed by atoms with E-state index in [0.717, 1.165) is 31.7 Å². The van der Waals surface area contributed by atoms with Crippen LogP contribution in [0.3, 0.4) is 0 Å². The predicted molar refractivity (Wildman–Crippen MR) is 127 cm³/mol. The molecule has 0 heterocycles. The lowest BCUT2D eigenvalue weighted by atomic mass is 9.84. The van der Waals surface area contributed by atoms with Gasteiger partial charge in [-0.1, -0.05) is 41.5 Å². The van der Waals surface area contributed by atoms with Gasteiger partial charge in [0.15, 0.2) is 0 Å². The zero-order chi connectivity index (χ0) is 22.9. The van der Waals surface area contributed by atoms with Crippen LogP contribution in [0, 0.1) is 11.3 Å². The Morgan fingerprint density at radius 1 is 1.10 bits per heavy atom. The van der Waals surface area contributed by atoms with Gasteiger partial charge in [0.2, 0.25) is 5.91 Å². The van der Waals surface area contributed by atoms with E-state index in [0.29, 0.717) is 30.1 Å². The van der Waals surface area contributed by atoms with Crippen LogP contribution in [-0.2, 0) is 4.79 Å². The normalized spacial score (nSPS) is 12.6. The summed E-state index contributed by atoms with van der Waals surface area (Å²) in [6.45, 7) is 16.2. The molecule has 6 heteroatoms. The number of anilines is 2. The van der Waals surface area contributed by atoms with E-state index in [1.165, 1.54) is 0 Å². The van der Waals surface area contributed by atoms with Gasteiger partial charge in [0, 0.05) is 45.0 Å². The summed E-state index contributed by atoms with van der Waals surface area (Å²) in [6, 6.07) is 5.51. The molecule has 0 saturated heterocycles. The molecule has 1 rings (SSSR count). The van der Waals surface area contributed by atoms with E-state index in [1.807, 2.05) is 31.1 Å². The van der Waals surface area contributed by atoms with Crippen LogP contribution in [0.1, 0.15) is 64.7 Å². The SMILES string of the molecule is CCN(CC)CCNC(=O)c1cc(NC(=O)CC(C)CC(C)(C)C)ccc1N(C)C. The van der Waals surface area contributed by atoms with E-state index < -0.39 is 0 Å². The average Bonchev–Trinajstić information content (AvgIpc) is 2.63. The van der Waals surface area contributed by atoms with Crippen molar-refractivity contribution < 1.29 is 9.59 Å². The maximum Gasteiger partial charge on any atom is 0.253 e. The lowest BCUT2D eigenvalue weighted by Crippen LogP contribution is -2.35. The van der Waals surface area contributed by atoms with Crippen molar-refractivity contribution in [2.75, 3.05) is 50.5 Å². The molecule has 0 saturated carbocycles. The van der Waals surface area contributed by atoms with E-state index in [9.17, 15) is 9.59 Å². The molecule has 1 atom stereocenters. The molecule has 170 valence electrons. The van der Waals surface area contributed by atoms with E-state index in [1.54, 1.807) is 6.07 Å². The van der Waals surface area contributed by atoms with E-state index in [-0.39, 0.29) is 17.2 Å². The molecule has 30 heavy (non-hydrogen) atoms. The highest BCUT2D eigenvalue weighted by molar-refractivity contribution is 6.02. The Hall–Kier alpha value is -2.08. The van der Waals surface area contributed by atoms with E-state index >= 15 is 0 Å². The molecule has 0 fully saturated rings. The highest BCUT2D eigenvalue weighted by atomic mass is 16.2. The quantitative estimate of drug-likeness (QED) is 0.565. The molecule has 0 aliphatic heterocycles. The van der Waals surface area contributed by atoms with Gasteiger partial charge in [0.1, 0.15) is 0 Å². The minimum absolute atomic E-state index is 0.0164. The van der Waals surface area contributed by atoms with Crippen molar-refractivity contribution in [1.82, 2.24) is 10.2 Å². The Morgan fingerprint density at radius 3 is 2.27 bits per heavy atom. The lowest BCUT2D eigenvalue weighted by Gasteiger charge is -2.23. The molecule has 0 radical (unpaired) electrons. The van der Waals surface area contributed by atoms with E-state index in [2.05, 4.69) is 57.1 Å². The molecule has 0 aliphatic rings. The topological polar surface area (TPSA) is 64.7 Å². The fourth-order valence-corrected chi connectivity index (χ4v) is 3.79. The van der Waals surface area contributed by atoms with Crippen LogP contribution in [0.15, 0.2) is 18.2 Å². The number of rotatable bonds is 11. The minimum atomic E-state index is -0.122. The molecular formula is C24H42N4O2.